The molecule has 74 valence electrons. The lowest BCUT2D eigenvalue weighted by Gasteiger charge is -2.06. The number of nitrogens with one attached hydrogen (secondary N) is 1. The van der Waals surface area contributed by atoms with Crippen LogP contribution in [0.15, 0.2) is 12.4 Å². The van der Waals surface area contributed by atoms with Gasteiger partial charge in [-0.1, -0.05) is 0 Å². The van der Waals surface area contributed by atoms with E-state index in [2.05, 4.69) is 15.3 Å². The summed E-state index contributed by atoms with van der Waals surface area (Å²) in [6.07, 6.45) is 3.86. The van der Waals surface area contributed by atoms with Gasteiger partial charge in [-0.15, -0.1) is 0 Å². The minimum atomic E-state index is 0.175. The SMILES string of the molecule is CC(N)CCNc1cnc(C#N)cn1. The van der Waals surface area contributed by atoms with Crippen molar-refractivity contribution in [3.05, 3.63) is 18.1 Å². The molecule has 1 aromatic rings. The molecule has 3 N–H and O–H groups in total. The van der Waals surface area contributed by atoms with E-state index in [9.17, 15) is 0 Å². The van der Waals surface area contributed by atoms with Gasteiger partial charge in [0.1, 0.15) is 11.9 Å². The van der Waals surface area contributed by atoms with Gasteiger partial charge in [0.05, 0.1) is 12.4 Å². The number of nitrogens with zero attached hydrogens (tertiary/aromatic N) is 3. The highest BCUT2D eigenvalue weighted by Crippen LogP contribution is 2.00. The fourth-order valence-corrected chi connectivity index (χ4v) is 0.905. The molecule has 1 heterocycles. The molecule has 0 fully saturated rings. The lowest BCUT2D eigenvalue weighted by molar-refractivity contribution is 0.689. The van der Waals surface area contributed by atoms with Crippen LogP contribution in [0.3, 0.4) is 0 Å². The van der Waals surface area contributed by atoms with Gasteiger partial charge in [-0.2, -0.15) is 5.26 Å². The van der Waals surface area contributed by atoms with Crippen LogP contribution in [0.4, 0.5) is 5.82 Å². The summed E-state index contributed by atoms with van der Waals surface area (Å²) in [5.74, 6) is 0.671. The molecule has 5 nitrogen and oxygen atoms in total. The van der Waals surface area contributed by atoms with Crippen LogP contribution in [0.2, 0.25) is 0 Å². The second kappa shape index (κ2) is 5.14. The van der Waals surface area contributed by atoms with Gasteiger partial charge in [-0.25, -0.2) is 9.97 Å². The maximum atomic E-state index is 8.49. The summed E-state index contributed by atoms with van der Waals surface area (Å²) in [7, 11) is 0. The lowest BCUT2D eigenvalue weighted by Crippen LogP contribution is -2.19. The van der Waals surface area contributed by atoms with Crippen molar-refractivity contribution in [1.82, 2.24) is 9.97 Å². The third-order valence-electron chi connectivity index (χ3n) is 1.67. The normalized spacial score (nSPS) is 11.8. The summed E-state index contributed by atoms with van der Waals surface area (Å²) < 4.78 is 0. The Morgan fingerprint density at radius 3 is 2.86 bits per heavy atom. The third-order valence-corrected chi connectivity index (χ3v) is 1.67. The van der Waals surface area contributed by atoms with Crippen molar-refractivity contribution in [2.45, 2.75) is 19.4 Å². The first-order valence-electron chi connectivity index (χ1n) is 4.44. The van der Waals surface area contributed by atoms with E-state index >= 15 is 0 Å². The molecule has 0 saturated heterocycles. The topological polar surface area (TPSA) is 87.6 Å². The Morgan fingerprint density at radius 1 is 1.57 bits per heavy atom. The summed E-state index contributed by atoms with van der Waals surface area (Å²) in [5, 5.41) is 11.6. The molecule has 0 aliphatic rings. The Hall–Kier alpha value is -1.67. The van der Waals surface area contributed by atoms with Gasteiger partial charge in [0.25, 0.3) is 0 Å². The average Bonchev–Trinajstić information content (AvgIpc) is 2.18. The smallest absolute Gasteiger partial charge is 0.158 e. The first-order chi connectivity index (χ1) is 6.72. The molecule has 0 spiro atoms. The number of hydrogen-bond acceptors (Lipinski definition) is 5. The van der Waals surface area contributed by atoms with E-state index in [1.54, 1.807) is 6.20 Å². The number of rotatable bonds is 4. The second-order valence-corrected chi connectivity index (χ2v) is 3.09. The largest absolute Gasteiger partial charge is 0.369 e. The second-order valence-electron chi connectivity index (χ2n) is 3.09. The molecule has 0 aliphatic carbocycles. The van der Waals surface area contributed by atoms with Crippen molar-refractivity contribution < 1.29 is 0 Å². The van der Waals surface area contributed by atoms with Gasteiger partial charge in [0.15, 0.2) is 5.69 Å². The molecule has 5 heteroatoms. The van der Waals surface area contributed by atoms with Crippen LogP contribution in [0.5, 0.6) is 0 Å². The number of nitrogens with two attached hydrogens (primary N) is 1. The molecular formula is C9H13N5. The van der Waals surface area contributed by atoms with E-state index in [4.69, 9.17) is 11.0 Å². The summed E-state index contributed by atoms with van der Waals surface area (Å²) in [4.78, 5) is 7.89. The Balaban J connectivity index is 2.41. The van der Waals surface area contributed by atoms with Crippen molar-refractivity contribution in [1.29, 1.82) is 5.26 Å². The molecule has 0 bridgehead atoms. The monoisotopic (exact) mass is 191 g/mol. The minimum Gasteiger partial charge on any atom is -0.369 e. The van der Waals surface area contributed by atoms with Gasteiger partial charge in [0, 0.05) is 12.6 Å². The van der Waals surface area contributed by atoms with Gasteiger partial charge in [-0.3, -0.25) is 0 Å². The highest BCUT2D eigenvalue weighted by Gasteiger charge is 1.97. The summed E-state index contributed by atoms with van der Waals surface area (Å²) >= 11 is 0. The van der Waals surface area contributed by atoms with Crippen LogP contribution >= 0.6 is 0 Å². The zero-order chi connectivity index (χ0) is 10.4. The van der Waals surface area contributed by atoms with Gasteiger partial charge in [-0.05, 0) is 13.3 Å². The molecule has 0 amide bonds. The Kier molecular flexibility index (Phi) is 3.83. The molecule has 1 rings (SSSR count). The number of aromatic nitrogens is 2. The van der Waals surface area contributed by atoms with Gasteiger partial charge in [0.2, 0.25) is 0 Å². The van der Waals surface area contributed by atoms with Crippen LogP contribution < -0.4 is 11.1 Å². The Labute approximate surface area is 83.0 Å². The zero-order valence-electron chi connectivity index (χ0n) is 8.07. The predicted molar refractivity (Wildman–Crippen MR) is 53.5 cm³/mol. The lowest BCUT2D eigenvalue weighted by atomic mass is 10.2. The molecule has 0 aromatic carbocycles. The van der Waals surface area contributed by atoms with Crippen LogP contribution in [-0.2, 0) is 0 Å². The molecular weight excluding hydrogens is 178 g/mol. The quantitative estimate of drug-likeness (QED) is 0.723. The van der Waals surface area contributed by atoms with Crippen molar-refractivity contribution in [3.8, 4) is 6.07 Å². The highest BCUT2D eigenvalue weighted by molar-refractivity contribution is 5.32. The Morgan fingerprint density at radius 2 is 2.36 bits per heavy atom. The molecule has 1 atom stereocenters. The fourth-order valence-electron chi connectivity index (χ4n) is 0.905. The van der Waals surface area contributed by atoms with E-state index in [0.717, 1.165) is 13.0 Å². The van der Waals surface area contributed by atoms with Crippen molar-refractivity contribution >= 4 is 5.82 Å². The van der Waals surface area contributed by atoms with Gasteiger partial charge >= 0.3 is 0 Å². The molecule has 1 unspecified atom stereocenters. The van der Waals surface area contributed by atoms with Crippen LogP contribution in [0.1, 0.15) is 19.0 Å². The maximum absolute atomic E-state index is 8.49. The molecule has 14 heavy (non-hydrogen) atoms. The van der Waals surface area contributed by atoms with E-state index in [1.807, 2.05) is 13.0 Å². The highest BCUT2D eigenvalue weighted by atomic mass is 15.0. The number of anilines is 1. The van der Waals surface area contributed by atoms with Gasteiger partial charge < -0.3 is 11.1 Å². The summed E-state index contributed by atoms with van der Waals surface area (Å²) in [6, 6.07) is 2.08. The van der Waals surface area contributed by atoms with Crippen molar-refractivity contribution in [2.24, 2.45) is 5.73 Å². The van der Waals surface area contributed by atoms with Crippen LogP contribution in [0.25, 0.3) is 0 Å². The predicted octanol–water partition coefficient (Wildman–Crippen LogP) is 0.497. The average molecular weight is 191 g/mol. The number of nitriles is 1. The maximum Gasteiger partial charge on any atom is 0.158 e. The van der Waals surface area contributed by atoms with E-state index < -0.39 is 0 Å². The summed E-state index contributed by atoms with van der Waals surface area (Å²) in [5.41, 5.74) is 5.91. The number of hydrogen-bond donors (Lipinski definition) is 2. The molecule has 0 saturated carbocycles. The first kappa shape index (κ1) is 10.4. The van der Waals surface area contributed by atoms with E-state index in [0.29, 0.717) is 11.5 Å². The summed E-state index contributed by atoms with van der Waals surface area (Å²) in [6.45, 7) is 2.71. The van der Waals surface area contributed by atoms with Crippen LogP contribution in [0, 0.1) is 11.3 Å². The minimum absolute atomic E-state index is 0.175. The van der Waals surface area contributed by atoms with Crippen molar-refractivity contribution in [2.75, 3.05) is 11.9 Å². The standard InChI is InChI=1S/C9H13N5/c1-7(11)2-3-12-9-6-13-8(4-10)5-14-9/h5-7H,2-3,11H2,1H3,(H,12,14). The fraction of sp³-hybridized carbons (Fsp3) is 0.444. The molecule has 0 radical (unpaired) electrons. The first-order valence-corrected chi connectivity index (χ1v) is 4.44. The third kappa shape index (κ3) is 3.37. The molecule has 1 aromatic heterocycles. The molecule has 0 aliphatic heterocycles. The zero-order valence-corrected chi connectivity index (χ0v) is 8.07. The van der Waals surface area contributed by atoms with Crippen LogP contribution in [-0.4, -0.2) is 22.6 Å². The van der Waals surface area contributed by atoms with Crippen molar-refractivity contribution in [3.63, 3.8) is 0 Å². The van der Waals surface area contributed by atoms with E-state index in [1.165, 1.54) is 6.20 Å². The Bertz CT molecular complexity index is 311. The van der Waals surface area contributed by atoms with E-state index in [-0.39, 0.29) is 6.04 Å².